The summed E-state index contributed by atoms with van der Waals surface area (Å²) in [7, 11) is 0. The molecule has 0 aromatic heterocycles. The maximum atomic E-state index is 12.0. The molecule has 0 amide bonds. The van der Waals surface area contributed by atoms with Crippen LogP contribution in [-0.2, 0) is 19.1 Å². The third-order valence-electron chi connectivity index (χ3n) is 9.04. The van der Waals surface area contributed by atoms with Gasteiger partial charge in [0, 0.05) is 12.8 Å². The van der Waals surface area contributed by atoms with Gasteiger partial charge >= 0.3 is 11.9 Å². The van der Waals surface area contributed by atoms with Gasteiger partial charge in [-0.15, -0.1) is 0 Å². The number of hydrogen-bond acceptors (Lipinski definition) is 5. The fourth-order valence-electron chi connectivity index (χ4n) is 5.79. The van der Waals surface area contributed by atoms with Crippen LogP contribution in [0.5, 0.6) is 0 Å². The smallest absolute Gasteiger partial charge is 0.305 e. The largest absolute Gasteiger partial charge is 0.463 e. The zero-order valence-corrected chi connectivity index (χ0v) is 32.9. The van der Waals surface area contributed by atoms with Gasteiger partial charge in [0.25, 0.3) is 0 Å². The van der Waals surface area contributed by atoms with E-state index in [9.17, 15) is 14.7 Å². The summed E-state index contributed by atoms with van der Waals surface area (Å²) in [6.07, 6.45) is 51.6. The quantitative estimate of drug-likeness (QED) is 0.0394. The number of allylic oxidation sites excluding steroid dienone is 8. The van der Waals surface area contributed by atoms with Crippen LogP contribution in [0.1, 0.15) is 206 Å². The van der Waals surface area contributed by atoms with E-state index in [1.807, 2.05) is 0 Å². The normalized spacial score (nSPS) is 12.6. The van der Waals surface area contributed by atoms with Crippen molar-refractivity contribution in [2.45, 2.75) is 213 Å². The van der Waals surface area contributed by atoms with Crippen molar-refractivity contribution in [3.63, 3.8) is 0 Å². The van der Waals surface area contributed by atoms with Gasteiger partial charge in [0.2, 0.25) is 0 Å². The van der Waals surface area contributed by atoms with E-state index in [-0.39, 0.29) is 25.2 Å². The van der Waals surface area contributed by atoms with Gasteiger partial charge in [0.05, 0.1) is 0 Å². The van der Waals surface area contributed by atoms with Crippen LogP contribution in [0.15, 0.2) is 48.6 Å². The highest BCUT2D eigenvalue weighted by Gasteiger charge is 2.12. The van der Waals surface area contributed by atoms with Crippen molar-refractivity contribution >= 4 is 11.9 Å². The van der Waals surface area contributed by atoms with Crippen molar-refractivity contribution in [3.8, 4) is 0 Å². The number of aliphatic hydroxyl groups is 1. The minimum absolute atomic E-state index is 0.121. The Labute approximate surface area is 309 Å². The molecule has 0 radical (unpaired) electrons. The lowest BCUT2D eigenvalue weighted by Gasteiger charge is -2.12. The summed E-state index contributed by atoms with van der Waals surface area (Å²) in [5.74, 6) is -0.577. The molecule has 0 aliphatic carbocycles. The molecular weight excluding hydrogens is 620 g/mol. The van der Waals surface area contributed by atoms with Gasteiger partial charge in [-0.2, -0.15) is 0 Å². The van der Waals surface area contributed by atoms with Gasteiger partial charge in [0.15, 0.2) is 0 Å². The Hall–Kier alpha value is -2.14. The summed E-state index contributed by atoms with van der Waals surface area (Å²) in [4.78, 5) is 24.0. The average molecular weight is 701 g/mol. The highest BCUT2D eigenvalue weighted by molar-refractivity contribution is 5.69. The van der Waals surface area contributed by atoms with E-state index in [4.69, 9.17) is 9.47 Å². The third kappa shape index (κ3) is 40.3. The maximum Gasteiger partial charge on any atom is 0.305 e. The minimum Gasteiger partial charge on any atom is -0.463 e. The summed E-state index contributed by atoms with van der Waals surface area (Å²) >= 11 is 0. The lowest BCUT2D eigenvalue weighted by Crippen LogP contribution is -2.25. The summed E-state index contributed by atoms with van der Waals surface area (Å²) in [5.41, 5.74) is 0. The number of carbonyl (C=O) groups is 2. The number of esters is 2. The lowest BCUT2D eigenvalue weighted by molar-refractivity contribution is -0.152. The number of ether oxygens (including phenoxy) is 2. The third-order valence-corrected chi connectivity index (χ3v) is 9.04. The number of rotatable bonds is 38. The lowest BCUT2D eigenvalue weighted by atomic mass is 10.1. The number of unbranched alkanes of at least 4 members (excludes halogenated alkanes) is 22. The Morgan fingerprint density at radius 3 is 1.02 bits per heavy atom. The second kappa shape index (κ2) is 41.3. The highest BCUT2D eigenvalue weighted by Crippen LogP contribution is 2.13. The zero-order chi connectivity index (χ0) is 36.4. The molecule has 50 heavy (non-hydrogen) atoms. The molecule has 1 atom stereocenters. The van der Waals surface area contributed by atoms with E-state index in [0.717, 1.165) is 57.8 Å². The van der Waals surface area contributed by atoms with Crippen molar-refractivity contribution in [2.24, 2.45) is 0 Å². The van der Waals surface area contributed by atoms with Gasteiger partial charge in [0.1, 0.15) is 19.3 Å². The van der Waals surface area contributed by atoms with Crippen LogP contribution in [0.3, 0.4) is 0 Å². The SMILES string of the molecule is CCCCC/C=C\C/C=C\CCCCCCCCCCCC(=O)OC[C@H](O)COC(=O)CCCCCCCCC/C=C\C/C=C\CCCCC. The molecule has 290 valence electrons. The fourth-order valence-corrected chi connectivity index (χ4v) is 5.79. The van der Waals surface area contributed by atoms with E-state index in [1.165, 1.54) is 122 Å². The Bertz CT molecular complexity index is 842. The molecule has 0 saturated heterocycles. The molecule has 0 fully saturated rings. The van der Waals surface area contributed by atoms with Crippen LogP contribution in [0, 0.1) is 0 Å². The first-order valence-corrected chi connectivity index (χ1v) is 21.2. The van der Waals surface area contributed by atoms with Crippen LogP contribution in [0.25, 0.3) is 0 Å². The first kappa shape index (κ1) is 47.9. The molecule has 0 unspecified atom stereocenters. The van der Waals surface area contributed by atoms with Gasteiger partial charge in [-0.25, -0.2) is 0 Å². The molecule has 5 heteroatoms. The number of aliphatic hydroxyl groups excluding tert-OH is 1. The first-order valence-electron chi connectivity index (χ1n) is 21.2. The second-order valence-corrected chi connectivity index (χ2v) is 14.1. The molecule has 0 rings (SSSR count). The van der Waals surface area contributed by atoms with Crippen molar-refractivity contribution in [2.75, 3.05) is 13.2 Å². The van der Waals surface area contributed by atoms with Crippen LogP contribution in [0.2, 0.25) is 0 Å². The monoisotopic (exact) mass is 701 g/mol. The topological polar surface area (TPSA) is 72.8 Å². The van der Waals surface area contributed by atoms with E-state index >= 15 is 0 Å². The molecule has 0 heterocycles. The van der Waals surface area contributed by atoms with Crippen molar-refractivity contribution in [1.29, 1.82) is 0 Å². The summed E-state index contributed by atoms with van der Waals surface area (Å²) in [6, 6.07) is 0. The molecule has 0 saturated carbocycles. The van der Waals surface area contributed by atoms with E-state index in [2.05, 4.69) is 62.5 Å². The molecule has 0 aliphatic rings. The number of hydrogen-bond donors (Lipinski definition) is 1. The van der Waals surface area contributed by atoms with Crippen molar-refractivity contribution in [3.05, 3.63) is 48.6 Å². The fraction of sp³-hybridized carbons (Fsp3) is 0.778. The van der Waals surface area contributed by atoms with Gasteiger partial charge in [-0.1, -0.05) is 165 Å². The standard InChI is InChI=1S/C45H80O5/c1-3-5-7-9-11-13-15-17-19-21-22-24-26-28-30-32-34-36-38-40-45(48)50-42-43(46)41-49-44(47)39-37-35-33-31-29-27-25-23-20-18-16-14-12-10-8-6-4-2/h11-14,17-20,43,46H,3-10,15-16,21-42H2,1-2H3/b13-11-,14-12-,19-17-,20-18-/t43-/m1/s1. The highest BCUT2D eigenvalue weighted by atomic mass is 16.6. The van der Waals surface area contributed by atoms with E-state index < -0.39 is 6.10 Å². The first-order chi connectivity index (χ1) is 24.6. The molecule has 5 nitrogen and oxygen atoms in total. The minimum atomic E-state index is -0.969. The van der Waals surface area contributed by atoms with Crippen LogP contribution in [-0.4, -0.2) is 36.4 Å². The Morgan fingerprint density at radius 2 is 0.700 bits per heavy atom. The molecular formula is C45H80O5. The zero-order valence-electron chi connectivity index (χ0n) is 32.9. The van der Waals surface area contributed by atoms with Gasteiger partial charge in [-0.3, -0.25) is 9.59 Å². The van der Waals surface area contributed by atoms with Gasteiger partial charge < -0.3 is 14.6 Å². The predicted octanol–water partition coefficient (Wildman–Crippen LogP) is 13.4. The molecule has 0 spiro atoms. The average Bonchev–Trinajstić information content (AvgIpc) is 3.12. The molecule has 1 N–H and O–H groups in total. The molecule has 0 bridgehead atoms. The molecule has 0 aromatic carbocycles. The Morgan fingerprint density at radius 1 is 0.420 bits per heavy atom. The van der Waals surface area contributed by atoms with E-state index in [1.54, 1.807) is 0 Å². The maximum absolute atomic E-state index is 12.0. The predicted molar refractivity (Wildman–Crippen MR) is 214 cm³/mol. The van der Waals surface area contributed by atoms with Crippen LogP contribution >= 0.6 is 0 Å². The second-order valence-electron chi connectivity index (χ2n) is 14.1. The van der Waals surface area contributed by atoms with Crippen molar-refractivity contribution < 1.29 is 24.2 Å². The summed E-state index contributed by atoms with van der Waals surface area (Å²) in [5, 5.41) is 10.0. The van der Waals surface area contributed by atoms with Gasteiger partial charge in [-0.05, 0) is 77.0 Å². The van der Waals surface area contributed by atoms with Crippen LogP contribution < -0.4 is 0 Å². The summed E-state index contributed by atoms with van der Waals surface area (Å²) in [6.45, 7) is 4.25. The molecule has 0 aromatic rings. The number of carbonyl (C=O) groups excluding carboxylic acids is 2. The van der Waals surface area contributed by atoms with E-state index in [0.29, 0.717) is 12.8 Å². The van der Waals surface area contributed by atoms with Crippen LogP contribution in [0.4, 0.5) is 0 Å². The Balaban J connectivity index is 3.45. The molecule has 0 aliphatic heterocycles. The summed E-state index contributed by atoms with van der Waals surface area (Å²) < 4.78 is 10.3. The Kier molecular flexibility index (Phi) is 39.5. The van der Waals surface area contributed by atoms with Crippen molar-refractivity contribution in [1.82, 2.24) is 0 Å².